The second-order valence-electron chi connectivity index (χ2n) is 4.90. The third kappa shape index (κ3) is 2.31. The molecule has 0 radical (unpaired) electrons. The molecule has 0 spiro atoms. The number of hydrogen-bond acceptors (Lipinski definition) is 3. The first-order valence-electron chi connectivity index (χ1n) is 6.81. The lowest BCUT2D eigenvalue weighted by molar-refractivity contribution is -0.115. The molecule has 106 valence electrons. The fraction of sp³-hybridized carbons (Fsp3) is 0.400. The average molecular weight is 274 g/mol. The van der Waals surface area contributed by atoms with Gasteiger partial charge in [0.15, 0.2) is 0 Å². The quantitative estimate of drug-likeness (QED) is 0.857. The van der Waals surface area contributed by atoms with E-state index in [1.165, 1.54) is 4.90 Å². The molecule has 1 aliphatic rings. The predicted octanol–water partition coefficient (Wildman–Crippen LogP) is 2.43. The lowest BCUT2D eigenvalue weighted by Gasteiger charge is -2.20. The van der Waals surface area contributed by atoms with Crippen LogP contribution in [0, 0.1) is 0 Å². The highest BCUT2D eigenvalue weighted by Gasteiger charge is 2.37. The van der Waals surface area contributed by atoms with E-state index in [0.717, 1.165) is 0 Å². The summed E-state index contributed by atoms with van der Waals surface area (Å²) in [6.07, 6.45) is 1.08. The van der Waals surface area contributed by atoms with Crippen LogP contribution in [0.4, 0.5) is 5.69 Å². The van der Waals surface area contributed by atoms with Crippen LogP contribution in [0.15, 0.2) is 18.2 Å². The first-order chi connectivity index (χ1) is 9.49. The van der Waals surface area contributed by atoms with Crippen molar-refractivity contribution in [1.82, 2.24) is 4.90 Å². The van der Waals surface area contributed by atoms with E-state index in [0.29, 0.717) is 29.7 Å². The first kappa shape index (κ1) is 14.2. The van der Waals surface area contributed by atoms with E-state index in [2.05, 4.69) is 5.32 Å². The minimum atomic E-state index is -0.285. The van der Waals surface area contributed by atoms with Crippen LogP contribution in [0.1, 0.15) is 54.3 Å². The number of anilines is 1. The number of hydrogen-bond donors (Lipinski definition) is 1. The monoisotopic (exact) mass is 274 g/mol. The van der Waals surface area contributed by atoms with Crippen molar-refractivity contribution in [2.45, 2.75) is 39.7 Å². The molecule has 20 heavy (non-hydrogen) atoms. The molecule has 0 aromatic heterocycles. The summed E-state index contributed by atoms with van der Waals surface area (Å²) < 4.78 is 0. The summed E-state index contributed by atoms with van der Waals surface area (Å²) in [5, 5.41) is 2.69. The van der Waals surface area contributed by atoms with Crippen LogP contribution < -0.4 is 5.32 Å². The molecular formula is C15H18N2O3. The molecule has 0 saturated heterocycles. The molecule has 2 rings (SSSR count). The summed E-state index contributed by atoms with van der Waals surface area (Å²) >= 11 is 0. The minimum Gasteiger partial charge on any atom is -0.326 e. The highest BCUT2D eigenvalue weighted by atomic mass is 16.2. The van der Waals surface area contributed by atoms with E-state index >= 15 is 0 Å². The third-order valence-corrected chi connectivity index (χ3v) is 3.55. The molecule has 5 heteroatoms. The summed E-state index contributed by atoms with van der Waals surface area (Å²) in [6.45, 7) is 5.53. The number of imide groups is 1. The lowest BCUT2D eigenvalue weighted by Crippen LogP contribution is -2.37. The maximum absolute atomic E-state index is 12.3. The van der Waals surface area contributed by atoms with E-state index < -0.39 is 0 Å². The van der Waals surface area contributed by atoms with Crippen LogP contribution in [0.25, 0.3) is 0 Å². The maximum atomic E-state index is 12.3. The van der Waals surface area contributed by atoms with Crippen LogP contribution in [-0.4, -0.2) is 28.7 Å². The number of carbonyl (C=O) groups excluding carboxylic acids is 3. The Hall–Kier alpha value is -2.17. The maximum Gasteiger partial charge on any atom is 0.261 e. The van der Waals surface area contributed by atoms with E-state index in [1.807, 2.05) is 13.8 Å². The Morgan fingerprint density at radius 3 is 2.45 bits per heavy atom. The van der Waals surface area contributed by atoms with Crippen LogP contribution >= 0.6 is 0 Å². The molecule has 3 amide bonds. The second-order valence-corrected chi connectivity index (χ2v) is 4.90. The fourth-order valence-corrected chi connectivity index (χ4v) is 2.17. The molecular weight excluding hydrogens is 256 g/mol. The Balaban J connectivity index is 2.34. The molecule has 1 N–H and O–H groups in total. The number of nitrogens with one attached hydrogen (secondary N) is 1. The van der Waals surface area contributed by atoms with Gasteiger partial charge in [-0.2, -0.15) is 0 Å². The van der Waals surface area contributed by atoms with Crippen molar-refractivity contribution < 1.29 is 14.4 Å². The highest BCUT2D eigenvalue weighted by molar-refractivity contribution is 6.22. The number of nitrogens with zero attached hydrogens (tertiary/aromatic N) is 1. The van der Waals surface area contributed by atoms with E-state index in [9.17, 15) is 14.4 Å². The SMILES string of the molecule is CCC(=O)Nc1ccc2c(c1)C(=O)N(C(C)CC)C2=O. The van der Waals surface area contributed by atoms with Gasteiger partial charge in [-0.3, -0.25) is 19.3 Å². The summed E-state index contributed by atoms with van der Waals surface area (Å²) in [4.78, 5) is 37.2. The third-order valence-electron chi connectivity index (χ3n) is 3.55. The molecule has 1 aromatic rings. The second kappa shape index (κ2) is 5.45. The lowest BCUT2D eigenvalue weighted by atomic mass is 10.1. The standard InChI is InChI=1S/C15H18N2O3/c1-4-9(3)17-14(19)11-7-6-10(16-13(18)5-2)8-12(11)15(17)20/h6-9H,4-5H2,1-3H3,(H,16,18). The predicted molar refractivity (Wildman–Crippen MR) is 75.6 cm³/mol. The van der Waals surface area contributed by atoms with Crippen molar-refractivity contribution in [3.8, 4) is 0 Å². The average Bonchev–Trinajstić information content (AvgIpc) is 2.69. The van der Waals surface area contributed by atoms with Crippen molar-refractivity contribution in [3.63, 3.8) is 0 Å². The zero-order chi connectivity index (χ0) is 14.9. The van der Waals surface area contributed by atoms with Gasteiger partial charge in [0.25, 0.3) is 11.8 Å². The molecule has 0 aliphatic carbocycles. The zero-order valence-electron chi connectivity index (χ0n) is 11.9. The normalized spacial score (nSPS) is 15.2. The van der Waals surface area contributed by atoms with Gasteiger partial charge in [0.05, 0.1) is 11.1 Å². The molecule has 1 heterocycles. The van der Waals surface area contributed by atoms with Crippen LogP contribution in [-0.2, 0) is 4.79 Å². The smallest absolute Gasteiger partial charge is 0.261 e. The van der Waals surface area contributed by atoms with Crippen LogP contribution in [0.3, 0.4) is 0 Å². The van der Waals surface area contributed by atoms with Gasteiger partial charge in [0.1, 0.15) is 0 Å². The molecule has 1 aliphatic heterocycles. The van der Waals surface area contributed by atoms with Crippen molar-refractivity contribution in [3.05, 3.63) is 29.3 Å². The minimum absolute atomic E-state index is 0.125. The van der Waals surface area contributed by atoms with Crippen LogP contribution in [0.5, 0.6) is 0 Å². The molecule has 0 fully saturated rings. The van der Waals surface area contributed by atoms with Gasteiger partial charge in [0, 0.05) is 18.2 Å². The largest absolute Gasteiger partial charge is 0.326 e. The van der Waals surface area contributed by atoms with Crippen molar-refractivity contribution in [1.29, 1.82) is 0 Å². The van der Waals surface area contributed by atoms with Gasteiger partial charge in [-0.1, -0.05) is 13.8 Å². The fourth-order valence-electron chi connectivity index (χ4n) is 2.17. The first-order valence-corrected chi connectivity index (χ1v) is 6.81. The number of fused-ring (bicyclic) bond motifs is 1. The Bertz CT molecular complexity index is 580. The number of carbonyl (C=O) groups is 3. The van der Waals surface area contributed by atoms with Crippen molar-refractivity contribution >= 4 is 23.4 Å². The molecule has 1 atom stereocenters. The van der Waals surface area contributed by atoms with Crippen molar-refractivity contribution in [2.75, 3.05) is 5.32 Å². The number of amides is 3. The molecule has 1 unspecified atom stereocenters. The summed E-state index contributed by atoms with van der Waals surface area (Å²) in [6, 6.07) is 4.70. The van der Waals surface area contributed by atoms with Gasteiger partial charge in [-0.25, -0.2) is 0 Å². The highest BCUT2D eigenvalue weighted by Crippen LogP contribution is 2.28. The summed E-state index contributed by atoms with van der Waals surface area (Å²) in [5.41, 5.74) is 1.32. The van der Waals surface area contributed by atoms with Gasteiger partial charge in [-0.15, -0.1) is 0 Å². The topological polar surface area (TPSA) is 66.5 Å². The van der Waals surface area contributed by atoms with Gasteiger partial charge in [-0.05, 0) is 31.5 Å². The van der Waals surface area contributed by atoms with E-state index in [1.54, 1.807) is 25.1 Å². The van der Waals surface area contributed by atoms with E-state index in [4.69, 9.17) is 0 Å². The molecule has 0 bridgehead atoms. The Labute approximate surface area is 118 Å². The van der Waals surface area contributed by atoms with Gasteiger partial charge >= 0.3 is 0 Å². The Morgan fingerprint density at radius 2 is 1.85 bits per heavy atom. The van der Waals surface area contributed by atoms with Crippen LogP contribution in [0.2, 0.25) is 0 Å². The number of rotatable bonds is 4. The van der Waals surface area contributed by atoms with Crippen molar-refractivity contribution in [2.24, 2.45) is 0 Å². The summed E-state index contributed by atoms with van der Waals surface area (Å²) in [5.74, 6) is -0.667. The zero-order valence-corrected chi connectivity index (χ0v) is 11.9. The molecule has 0 saturated carbocycles. The van der Waals surface area contributed by atoms with Gasteiger partial charge < -0.3 is 5.32 Å². The van der Waals surface area contributed by atoms with Gasteiger partial charge in [0.2, 0.25) is 5.91 Å². The molecule has 5 nitrogen and oxygen atoms in total. The molecule has 1 aromatic carbocycles. The Kier molecular flexibility index (Phi) is 3.88. The Morgan fingerprint density at radius 1 is 1.20 bits per heavy atom. The van der Waals surface area contributed by atoms with E-state index in [-0.39, 0.29) is 23.8 Å². The summed E-state index contributed by atoms with van der Waals surface area (Å²) in [7, 11) is 0. The number of benzene rings is 1.